The van der Waals surface area contributed by atoms with Crippen LogP contribution >= 0.6 is 0 Å². The topological polar surface area (TPSA) is 40.5 Å². The van der Waals surface area contributed by atoms with E-state index in [0.29, 0.717) is 5.56 Å². The van der Waals surface area contributed by atoms with Gasteiger partial charge in [0.15, 0.2) is 0 Å². The molecule has 19 heavy (non-hydrogen) atoms. The number of amides is 1. The van der Waals surface area contributed by atoms with E-state index in [4.69, 9.17) is 5.11 Å². The fourth-order valence-corrected chi connectivity index (χ4v) is 2.48. The third-order valence-electron chi connectivity index (χ3n) is 3.59. The van der Waals surface area contributed by atoms with Crippen LogP contribution in [0.1, 0.15) is 42.6 Å². The molecule has 1 aliphatic rings. The van der Waals surface area contributed by atoms with Crippen molar-refractivity contribution in [2.24, 2.45) is 0 Å². The molecule has 1 heterocycles. The molecule has 1 saturated heterocycles. The van der Waals surface area contributed by atoms with E-state index in [1.54, 1.807) is 12.1 Å². The highest BCUT2D eigenvalue weighted by Gasteiger charge is 2.35. The van der Waals surface area contributed by atoms with Gasteiger partial charge in [0, 0.05) is 23.2 Å². The summed E-state index contributed by atoms with van der Waals surface area (Å²) in [4.78, 5) is 14.4. The third-order valence-corrected chi connectivity index (χ3v) is 3.59. The summed E-state index contributed by atoms with van der Waals surface area (Å²) in [5.41, 5.74) is 1.46. The van der Waals surface area contributed by atoms with Gasteiger partial charge in [-0.25, -0.2) is 0 Å². The molecule has 2 rings (SSSR count). The number of benzene rings is 1. The summed E-state index contributed by atoms with van der Waals surface area (Å²) < 4.78 is 0. The lowest BCUT2D eigenvalue weighted by Crippen LogP contribution is -2.42. The summed E-state index contributed by atoms with van der Waals surface area (Å²) in [6.07, 6.45) is 2.12. The van der Waals surface area contributed by atoms with Gasteiger partial charge in [-0.15, -0.1) is 0 Å². The van der Waals surface area contributed by atoms with Crippen molar-refractivity contribution in [2.75, 3.05) is 13.2 Å². The smallest absolute Gasteiger partial charge is 0.254 e. The Hall–Kier alpha value is -1.79. The average molecular weight is 257 g/mol. The zero-order valence-electron chi connectivity index (χ0n) is 11.4. The Bertz CT molecular complexity index is 520. The highest BCUT2D eigenvalue weighted by molar-refractivity contribution is 5.95. The zero-order valence-corrected chi connectivity index (χ0v) is 11.4. The van der Waals surface area contributed by atoms with Crippen molar-refractivity contribution < 1.29 is 9.90 Å². The molecule has 0 aromatic heterocycles. The molecular weight excluding hydrogens is 238 g/mol. The van der Waals surface area contributed by atoms with E-state index >= 15 is 0 Å². The monoisotopic (exact) mass is 257 g/mol. The molecule has 0 unspecified atom stereocenters. The third kappa shape index (κ3) is 2.97. The summed E-state index contributed by atoms with van der Waals surface area (Å²) in [7, 11) is 0. The molecule has 0 spiro atoms. The van der Waals surface area contributed by atoms with E-state index < -0.39 is 0 Å². The van der Waals surface area contributed by atoms with Gasteiger partial charge in [0.1, 0.15) is 6.61 Å². The lowest BCUT2D eigenvalue weighted by atomic mass is 10.0. The van der Waals surface area contributed by atoms with Crippen LogP contribution in [0, 0.1) is 11.8 Å². The van der Waals surface area contributed by atoms with Gasteiger partial charge in [0.25, 0.3) is 5.91 Å². The fourth-order valence-electron chi connectivity index (χ4n) is 2.48. The summed E-state index contributed by atoms with van der Waals surface area (Å²) in [5, 5.41) is 8.64. The van der Waals surface area contributed by atoms with E-state index in [0.717, 1.165) is 24.9 Å². The predicted molar refractivity (Wildman–Crippen MR) is 74.8 cm³/mol. The van der Waals surface area contributed by atoms with Crippen molar-refractivity contribution >= 4 is 5.91 Å². The minimum absolute atomic E-state index is 0.0492. The van der Waals surface area contributed by atoms with Crippen LogP contribution in [0.3, 0.4) is 0 Å². The number of hydrogen-bond acceptors (Lipinski definition) is 2. The Morgan fingerprint density at radius 1 is 1.37 bits per heavy atom. The second-order valence-electron chi connectivity index (χ2n) is 5.41. The molecule has 0 bridgehead atoms. The van der Waals surface area contributed by atoms with Crippen LogP contribution in [-0.4, -0.2) is 34.6 Å². The second-order valence-corrected chi connectivity index (χ2v) is 5.41. The van der Waals surface area contributed by atoms with Gasteiger partial charge in [-0.05, 0) is 51.0 Å². The van der Waals surface area contributed by atoms with Crippen LogP contribution in [-0.2, 0) is 0 Å². The maximum Gasteiger partial charge on any atom is 0.254 e. The maximum absolute atomic E-state index is 12.4. The first-order chi connectivity index (χ1) is 9.04. The van der Waals surface area contributed by atoms with Gasteiger partial charge in [-0.1, -0.05) is 11.8 Å². The van der Waals surface area contributed by atoms with Crippen LogP contribution in [0.5, 0.6) is 0 Å². The van der Waals surface area contributed by atoms with Crippen molar-refractivity contribution in [2.45, 2.75) is 32.2 Å². The van der Waals surface area contributed by atoms with Gasteiger partial charge in [0.2, 0.25) is 0 Å². The van der Waals surface area contributed by atoms with Crippen molar-refractivity contribution in [3.05, 3.63) is 35.4 Å². The molecule has 1 aromatic rings. The highest BCUT2D eigenvalue weighted by Crippen LogP contribution is 2.29. The Kier molecular flexibility index (Phi) is 3.92. The van der Waals surface area contributed by atoms with E-state index in [9.17, 15) is 4.79 Å². The first kappa shape index (κ1) is 13.6. The van der Waals surface area contributed by atoms with Crippen LogP contribution in [0.2, 0.25) is 0 Å². The lowest BCUT2D eigenvalue weighted by molar-refractivity contribution is 0.0652. The van der Waals surface area contributed by atoms with Crippen LogP contribution in [0.25, 0.3) is 0 Å². The number of likely N-dealkylation sites (tertiary alicyclic amines) is 1. The SMILES string of the molecule is CC1(C)CCCN1C(=O)c1ccc(C#CCO)cc1. The minimum Gasteiger partial charge on any atom is -0.384 e. The van der Waals surface area contributed by atoms with Gasteiger partial charge >= 0.3 is 0 Å². The van der Waals surface area contributed by atoms with Gasteiger partial charge < -0.3 is 10.0 Å². The van der Waals surface area contributed by atoms with Crippen LogP contribution in [0.15, 0.2) is 24.3 Å². The Balaban J connectivity index is 2.16. The first-order valence-electron chi connectivity index (χ1n) is 6.56. The Morgan fingerprint density at radius 3 is 2.58 bits per heavy atom. The van der Waals surface area contributed by atoms with Gasteiger partial charge in [-0.2, -0.15) is 0 Å². The van der Waals surface area contributed by atoms with Crippen molar-refractivity contribution in [1.29, 1.82) is 0 Å². The molecule has 1 amide bonds. The molecule has 0 radical (unpaired) electrons. The van der Waals surface area contributed by atoms with E-state index in [1.807, 2.05) is 17.0 Å². The molecule has 0 saturated carbocycles. The molecule has 100 valence electrons. The number of aliphatic hydroxyl groups excluding tert-OH is 1. The lowest BCUT2D eigenvalue weighted by Gasteiger charge is -2.31. The molecule has 0 aliphatic carbocycles. The normalized spacial score (nSPS) is 16.9. The molecular formula is C16H19NO2. The number of rotatable bonds is 1. The van der Waals surface area contributed by atoms with Crippen molar-refractivity contribution in [1.82, 2.24) is 4.90 Å². The largest absolute Gasteiger partial charge is 0.384 e. The number of carbonyl (C=O) groups excluding carboxylic acids is 1. The summed E-state index contributed by atoms with van der Waals surface area (Å²) in [5.74, 6) is 5.50. The zero-order chi connectivity index (χ0) is 13.9. The molecule has 3 heteroatoms. The quantitative estimate of drug-likeness (QED) is 0.782. The average Bonchev–Trinajstić information content (AvgIpc) is 2.76. The minimum atomic E-state index is -0.150. The van der Waals surface area contributed by atoms with E-state index in [1.165, 1.54) is 0 Å². The van der Waals surface area contributed by atoms with Gasteiger partial charge in [-0.3, -0.25) is 4.79 Å². The molecule has 3 nitrogen and oxygen atoms in total. The molecule has 1 N–H and O–H groups in total. The second kappa shape index (κ2) is 5.46. The van der Waals surface area contributed by atoms with Crippen molar-refractivity contribution in [3.63, 3.8) is 0 Å². The number of nitrogens with zero attached hydrogens (tertiary/aromatic N) is 1. The Labute approximate surface area is 114 Å². The number of carbonyl (C=O) groups is 1. The first-order valence-corrected chi connectivity index (χ1v) is 6.56. The summed E-state index contributed by atoms with van der Waals surface area (Å²) in [6, 6.07) is 7.24. The molecule has 1 aliphatic heterocycles. The van der Waals surface area contributed by atoms with Crippen LogP contribution < -0.4 is 0 Å². The molecule has 0 atom stereocenters. The fraction of sp³-hybridized carbons (Fsp3) is 0.438. The standard InChI is InChI=1S/C16H19NO2/c1-16(2)10-4-11-17(16)15(19)14-8-6-13(7-9-14)5-3-12-18/h6-9,18H,4,10-12H2,1-2H3. The molecule has 1 aromatic carbocycles. The molecule has 1 fully saturated rings. The van der Waals surface area contributed by atoms with E-state index in [-0.39, 0.29) is 18.1 Å². The number of aliphatic hydroxyl groups is 1. The van der Waals surface area contributed by atoms with Gasteiger partial charge in [0.05, 0.1) is 0 Å². The summed E-state index contributed by atoms with van der Waals surface area (Å²) >= 11 is 0. The maximum atomic E-state index is 12.4. The Morgan fingerprint density at radius 2 is 2.05 bits per heavy atom. The van der Waals surface area contributed by atoms with Crippen molar-refractivity contribution in [3.8, 4) is 11.8 Å². The summed E-state index contributed by atoms with van der Waals surface area (Å²) in [6.45, 7) is 4.90. The highest BCUT2D eigenvalue weighted by atomic mass is 16.2. The van der Waals surface area contributed by atoms with Crippen LogP contribution in [0.4, 0.5) is 0 Å². The number of hydrogen-bond donors (Lipinski definition) is 1. The predicted octanol–water partition coefficient (Wildman–Crippen LogP) is 2.04. The van der Waals surface area contributed by atoms with E-state index in [2.05, 4.69) is 25.7 Å².